The van der Waals surface area contributed by atoms with Gasteiger partial charge in [-0.25, -0.2) is 14.1 Å². The number of hydrogen-bond donors (Lipinski definition) is 1. The highest BCUT2D eigenvalue weighted by Gasteiger charge is 2.34. The van der Waals surface area contributed by atoms with E-state index in [2.05, 4.69) is 10.1 Å². The number of rotatable bonds is 5. The van der Waals surface area contributed by atoms with Crippen LogP contribution in [-0.4, -0.2) is 43.8 Å². The van der Waals surface area contributed by atoms with Crippen molar-refractivity contribution in [3.63, 3.8) is 0 Å². The van der Waals surface area contributed by atoms with Crippen molar-refractivity contribution in [2.24, 2.45) is 5.92 Å². The second kappa shape index (κ2) is 8.23. The molecule has 2 aliphatic rings. The minimum absolute atomic E-state index is 0.0337. The molecule has 1 saturated heterocycles. The first-order valence-electron chi connectivity index (χ1n) is 10.9. The van der Waals surface area contributed by atoms with Gasteiger partial charge in [0.25, 0.3) is 5.91 Å². The number of aliphatic hydroxyl groups is 1. The van der Waals surface area contributed by atoms with Crippen LogP contribution < -0.4 is 0 Å². The van der Waals surface area contributed by atoms with Gasteiger partial charge in [-0.3, -0.25) is 4.79 Å². The van der Waals surface area contributed by atoms with E-state index in [1.54, 1.807) is 21.7 Å². The lowest BCUT2D eigenvalue weighted by Crippen LogP contribution is -2.40. The van der Waals surface area contributed by atoms with Crippen molar-refractivity contribution < 1.29 is 14.3 Å². The molecule has 1 amide bonds. The third-order valence-electron chi connectivity index (χ3n) is 6.25. The first-order valence-corrected chi connectivity index (χ1v) is 10.9. The summed E-state index contributed by atoms with van der Waals surface area (Å²) in [5.74, 6) is 1.02. The zero-order valence-corrected chi connectivity index (χ0v) is 17.2. The molecule has 1 N–H and O–H groups in total. The predicted molar refractivity (Wildman–Crippen MR) is 113 cm³/mol. The lowest BCUT2D eigenvalue weighted by molar-refractivity contribution is 0.0454. The summed E-state index contributed by atoms with van der Waals surface area (Å²) in [5, 5.41) is 15.2. The number of nitrogens with zero attached hydrogens (tertiary/aromatic N) is 4. The molecule has 5 rings (SSSR count). The summed E-state index contributed by atoms with van der Waals surface area (Å²) in [6.45, 7) is 1.08. The summed E-state index contributed by atoms with van der Waals surface area (Å²) in [4.78, 5) is 19.5. The van der Waals surface area contributed by atoms with Crippen LogP contribution in [0.1, 0.15) is 59.7 Å². The van der Waals surface area contributed by atoms with E-state index in [9.17, 15) is 14.3 Å². The van der Waals surface area contributed by atoms with Crippen LogP contribution in [0.15, 0.2) is 54.6 Å². The molecule has 2 fully saturated rings. The zero-order valence-electron chi connectivity index (χ0n) is 17.2. The average Bonchev–Trinajstić information content (AvgIpc) is 3.57. The highest BCUT2D eigenvalue weighted by Crippen LogP contribution is 2.40. The maximum absolute atomic E-state index is 13.1. The number of carbonyl (C=O) groups excluding carboxylic acids is 1. The fraction of sp³-hybridized carbons (Fsp3) is 0.375. The van der Waals surface area contributed by atoms with Crippen LogP contribution in [0.3, 0.4) is 0 Å². The number of piperidine rings is 1. The topological polar surface area (TPSA) is 71.2 Å². The van der Waals surface area contributed by atoms with Gasteiger partial charge in [0.2, 0.25) is 5.82 Å². The summed E-state index contributed by atoms with van der Waals surface area (Å²) in [6.07, 6.45) is 2.85. The number of hydrogen-bond acceptors (Lipinski definition) is 4. The highest BCUT2D eigenvalue weighted by molar-refractivity contribution is 5.90. The van der Waals surface area contributed by atoms with E-state index in [1.165, 1.54) is 12.1 Å². The Morgan fingerprint density at radius 2 is 1.68 bits per heavy atom. The van der Waals surface area contributed by atoms with Gasteiger partial charge in [0.15, 0.2) is 0 Å². The number of aromatic nitrogens is 3. The normalized spacial score (nSPS) is 18.2. The van der Waals surface area contributed by atoms with Crippen LogP contribution >= 0.6 is 0 Å². The van der Waals surface area contributed by atoms with Gasteiger partial charge in [-0.15, -0.1) is 5.10 Å². The Morgan fingerprint density at radius 1 is 1.00 bits per heavy atom. The van der Waals surface area contributed by atoms with Crippen LogP contribution in [-0.2, 0) is 0 Å². The van der Waals surface area contributed by atoms with Crippen molar-refractivity contribution in [3.05, 3.63) is 77.6 Å². The molecular formula is C24H25FN4O2. The van der Waals surface area contributed by atoms with Gasteiger partial charge in [-0.1, -0.05) is 30.3 Å². The molecule has 1 aliphatic carbocycles. The number of benzene rings is 2. The maximum Gasteiger partial charge on any atom is 0.293 e. The lowest BCUT2D eigenvalue weighted by atomic mass is 9.87. The van der Waals surface area contributed by atoms with Crippen LogP contribution in [0.5, 0.6) is 0 Å². The Bertz CT molecular complexity index is 1050. The molecule has 1 aromatic heterocycles. The predicted octanol–water partition coefficient (Wildman–Crippen LogP) is 3.87. The highest BCUT2D eigenvalue weighted by atomic mass is 19.1. The minimum atomic E-state index is -0.658. The quantitative estimate of drug-likeness (QED) is 0.680. The molecule has 6 nitrogen and oxygen atoms in total. The number of amides is 1. The van der Waals surface area contributed by atoms with Crippen molar-refractivity contribution in [3.8, 4) is 5.69 Å². The van der Waals surface area contributed by atoms with Crippen LogP contribution in [0.2, 0.25) is 0 Å². The molecule has 2 heterocycles. The summed E-state index contributed by atoms with van der Waals surface area (Å²) >= 11 is 0. The summed E-state index contributed by atoms with van der Waals surface area (Å²) in [7, 11) is 0. The van der Waals surface area contributed by atoms with Gasteiger partial charge in [-0.2, -0.15) is 0 Å². The Morgan fingerprint density at radius 3 is 2.32 bits per heavy atom. The van der Waals surface area contributed by atoms with Gasteiger partial charge in [0.05, 0.1) is 11.8 Å². The zero-order chi connectivity index (χ0) is 21.4. The van der Waals surface area contributed by atoms with Gasteiger partial charge in [-0.05, 0) is 61.4 Å². The van der Waals surface area contributed by atoms with Crippen molar-refractivity contribution in [1.82, 2.24) is 19.7 Å². The summed E-state index contributed by atoms with van der Waals surface area (Å²) in [5.41, 5.74) is 1.63. The van der Waals surface area contributed by atoms with Crippen molar-refractivity contribution >= 4 is 5.91 Å². The Kier molecular flexibility index (Phi) is 5.28. The molecular weight excluding hydrogens is 395 g/mol. The van der Waals surface area contributed by atoms with Gasteiger partial charge < -0.3 is 10.0 Å². The monoisotopic (exact) mass is 420 g/mol. The maximum atomic E-state index is 13.1. The third kappa shape index (κ3) is 4.10. The molecule has 160 valence electrons. The Labute approximate surface area is 180 Å². The van der Waals surface area contributed by atoms with Gasteiger partial charge in [0, 0.05) is 19.0 Å². The Balaban J connectivity index is 1.28. The second-order valence-corrected chi connectivity index (χ2v) is 8.44. The standard InChI is InChI=1S/C24H25FN4O2/c25-19-10-8-16(9-11-19)21(30)17-12-14-28(15-13-17)24(31)22-26-23(18-6-7-18)29(27-22)20-4-2-1-3-5-20/h1-5,8-11,17-18,21,30H,6-7,12-15H2. The number of aliphatic hydroxyl groups excluding tert-OH is 1. The fourth-order valence-corrected chi connectivity index (χ4v) is 4.27. The molecule has 1 atom stereocenters. The number of carbonyl (C=O) groups is 1. The van der Waals surface area contributed by atoms with E-state index < -0.39 is 6.10 Å². The number of halogens is 1. The smallest absolute Gasteiger partial charge is 0.293 e. The van der Waals surface area contributed by atoms with Crippen LogP contribution in [0.4, 0.5) is 4.39 Å². The van der Waals surface area contributed by atoms with E-state index >= 15 is 0 Å². The minimum Gasteiger partial charge on any atom is -0.388 e. The lowest BCUT2D eigenvalue weighted by Gasteiger charge is -2.33. The molecule has 0 spiro atoms. The summed E-state index contributed by atoms with van der Waals surface area (Å²) < 4.78 is 14.9. The molecule has 31 heavy (non-hydrogen) atoms. The van der Waals surface area contributed by atoms with Gasteiger partial charge >= 0.3 is 0 Å². The molecule has 1 aliphatic heterocycles. The molecule has 3 aromatic rings. The molecule has 0 radical (unpaired) electrons. The largest absolute Gasteiger partial charge is 0.388 e. The van der Waals surface area contributed by atoms with E-state index in [4.69, 9.17) is 0 Å². The van der Waals surface area contributed by atoms with Gasteiger partial charge in [0.1, 0.15) is 11.6 Å². The van der Waals surface area contributed by atoms with E-state index in [0.717, 1.165) is 24.4 Å². The third-order valence-corrected chi connectivity index (χ3v) is 6.25. The number of likely N-dealkylation sites (tertiary alicyclic amines) is 1. The first-order chi connectivity index (χ1) is 15.1. The van der Waals surface area contributed by atoms with E-state index in [0.29, 0.717) is 37.4 Å². The molecule has 2 aromatic carbocycles. The van der Waals surface area contributed by atoms with E-state index in [1.807, 2.05) is 30.3 Å². The molecule has 1 saturated carbocycles. The molecule has 1 unspecified atom stereocenters. The number of para-hydroxylation sites is 1. The molecule has 7 heteroatoms. The Hall–Kier alpha value is -3.06. The van der Waals surface area contributed by atoms with Crippen molar-refractivity contribution in [2.75, 3.05) is 13.1 Å². The van der Waals surface area contributed by atoms with Crippen LogP contribution in [0.25, 0.3) is 5.69 Å². The van der Waals surface area contributed by atoms with Crippen molar-refractivity contribution in [2.45, 2.75) is 37.7 Å². The second-order valence-electron chi connectivity index (χ2n) is 8.44. The SMILES string of the molecule is O=C(c1nc(C2CC2)n(-c2ccccc2)n1)N1CCC(C(O)c2ccc(F)cc2)CC1. The van der Waals surface area contributed by atoms with Crippen LogP contribution in [0, 0.1) is 11.7 Å². The van der Waals surface area contributed by atoms with Crippen molar-refractivity contribution in [1.29, 1.82) is 0 Å². The van der Waals surface area contributed by atoms with E-state index in [-0.39, 0.29) is 23.5 Å². The average molecular weight is 420 g/mol. The molecule has 0 bridgehead atoms. The summed E-state index contributed by atoms with van der Waals surface area (Å²) in [6, 6.07) is 15.8. The first kappa shape index (κ1) is 19.9. The fourth-order valence-electron chi connectivity index (χ4n) is 4.27.